The van der Waals surface area contributed by atoms with Crippen LogP contribution in [-0.2, 0) is 14.8 Å². The molecular weight excluding hydrogens is 382 g/mol. The molecule has 8 nitrogen and oxygen atoms in total. The normalized spacial score (nSPS) is 11.6. The maximum absolute atomic E-state index is 12.3. The standard InChI is InChI=1S/C19H23N3O5S/c1-19(2,3)27-18(24)22-15-7-5-13(6-8-15)17(23)21-14-9-11-16(12-10-14)28(25,26)20-4/h5-12,20H,1-4H3,(H,21,23)(H,22,24). The van der Waals surface area contributed by atoms with Gasteiger partial charge in [-0.05, 0) is 76.3 Å². The molecule has 2 aromatic rings. The highest BCUT2D eigenvalue weighted by Crippen LogP contribution is 2.16. The zero-order valence-electron chi connectivity index (χ0n) is 16.1. The van der Waals surface area contributed by atoms with Gasteiger partial charge in [-0.1, -0.05) is 0 Å². The van der Waals surface area contributed by atoms with Crippen LogP contribution in [0.1, 0.15) is 31.1 Å². The fraction of sp³-hybridized carbons (Fsp3) is 0.263. The molecule has 150 valence electrons. The van der Waals surface area contributed by atoms with Crippen molar-refractivity contribution in [1.29, 1.82) is 0 Å². The predicted octanol–water partition coefficient (Wildman–Crippen LogP) is 3.19. The molecule has 0 heterocycles. The number of rotatable bonds is 5. The Hall–Kier alpha value is -2.91. The zero-order chi connectivity index (χ0) is 20.9. The summed E-state index contributed by atoms with van der Waals surface area (Å²) in [5.74, 6) is -0.368. The molecular formula is C19H23N3O5S. The van der Waals surface area contributed by atoms with Gasteiger partial charge in [0.15, 0.2) is 0 Å². The Labute approximate surface area is 164 Å². The van der Waals surface area contributed by atoms with Crippen LogP contribution in [0.15, 0.2) is 53.4 Å². The number of hydrogen-bond acceptors (Lipinski definition) is 5. The molecule has 2 rings (SSSR count). The van der Waals surface area contributed by atoms with Gasteiger partial charge in [-0.25, -0.2) is 17.9 Å². The molecule has 0 atom stereocenters. The SMILES string of the molecule is CNS(=O)(=O)c1ccc(NC(=O)c2ccc(NC(=O)OC(C)(C)C)cc2)cc1. The number of ether oxygens (including phenoxy) is 1. The van der Waals surface area contributed by atoms with Gasteiger partial charge in [-0.3, -0.25) is 10.1 Å². The topological polar surface area (TPSA) is 114 Å². The van der Waals surface area contributed by atoms with Crippen molar-refractivity contribution in [3.63, 3.8) is 0 Å². The van der Waals surface area contributed by atoms with Crippen LogP contribution < -0.4 is 15.4 Å². The Kier molecular flexibility index (Phi) is 6.42. The smallest absolute Gasteiger partial charge is 0.412 e. The number of carbonyl (C=O) groups excluding carboxylic acids is 2. The molecule has 0 spiro atoms. The number of nitrogens with one attached hydrogen (secondary N) is 3. The van der Waals surface area contributed by atoms with Crippen molar-refractivity contribution < 1.29 is 22.7 Å². The predicted molar refractivity (Wildman–Crippen MR) is 107 cm³/mol. The van der Waals surface area contributed by atoms with E-state index in [9.17, 15) is 18.0 Å². The number of carbonyl (C=O) groups is 2. The Balaban J connectivity index is 2.00. The van der Waals surface area contributed by atoms with Crippen molar-refractivity contribution in [3.8, 4) is 0 Å². The van der Waals surface area contributed by atoms with Crippen LogP contribution in [0.5, 0.6) is 0 Å². The van der Waals surface area contributed by atoms with E-state index < -0.39 is 21.7 Å². The van der Waals surface area contributed by atoms with E-state index in [-0.39, 0.29) is 10.8 Å². The van der Waals surface area contributed by atoms with Gasteiger partial charge in [0.25, 0.3) is 5.91 Å². The molecule has 0 radical (unpaired) electrons. The summed E-state index contributed by atoms with van der Waals surface area (Å²) in [4.78, 5) is 24.2. The average Bonchev–Trinajstić information content (AvgIpc) is 2.61. The fourth-order valence-corrected chi connectivity index (χ4v) is 2.90. The largest absolute Gasteiger partial charge is 0.444 e. The lowest BCUT2D eigenvalue weighted by molar-refractivity contribution is 0.0635. The monoisotopic (exact) mass is 405 g/mol. The van der Waals surface area contributed by atoms with Crippen molar-refractivity contribution in [2.45, 2.75) is 31.3 Å². The summed E-state index contributed by atoms with van der Waals surface area (Å²) < 4.78 is 30.8. The Morgan fingerprint density at radius 2 is 1.36 bits per heavy atom. The molecule has 28 heavy (non-hydrogen) atoms. The van der Waals surface area contributed by atoms with Gasteiger partial charge in [-0.15, -0.1) is 0 Å². The van der Waals surface area contributed by atoms with E-state index in [1.54, 1.807) is 45.0 Å². The van der Waals surface area contributed by atoms with E-state index in [2.05, 4.69) is 15.4 Å². The second-order valence-electron chi connectivity index (χ2n) is 6.89. The molecule has 2 amide bonds. The van der Waals surface area contributed by atoms with Crippen molar-refractivity contribution >= 4 is 33.4 Å². The molecule has 0 unspecified atom stereocenters. The van der Waals surface area contributed by atoms with Crippen LogP contribution in [0.2, 0.25) is 0 Å². The van der Waals surface area contributed by atoms with E-state index >= 15 is 0 Å². The van der Waals surface area contributed by atoms with Crippen LogP contribution in [0.25, 0.3) is 0 Å². The van der Waals surface area contributed by atoms with Gasteiger partial charge in [0, 0.05) is 16.9 Å². The second kappa shape index (κ2) is 8.41. The van der Waals surface area contributed by atoms with E-state index in [1.807, 2.05) is 0 Å². The van der Waals surface area contributed by atoms with Gasteiger partial charge in [-0.2, -0.15) is 0 Å². The summed E-state index contributed by atoms with van der Waals surface area (Å²) in [5.41, 5.74) is 0.719. The molecule has 0 fully saturated rings. The highest BCUT2D eigenvalue weighted by molar-refractivity contribution is 7.89. The maximum atomic E-state index is 12.3. The quantitative estimate of drug-likeness (QED) is 0.707. The molecule has 3 N–H and O–H groups in total. The van der Waals surface area contributed by atoms with Gasteiger partial charge >= 0.3 is 6.09 Å². The molecule has 2 aromatic carbocycles. The fourth-order valence-electron chi connectivity index (χ4n) is 2.16. The number of amides is 2. The second-order valence-corrected chi connectivity index (χ2v) is 8.78. The lowest BCUT2D eigenvalue weighted by atomic mass is 10.2. The third-order valence-corrected chi connectivity index (χ3v) is 4.91. The first-order chi connectivity index (χ1) is 13.0. The van der Waals surface area contributed by atoms with Gasteiger partial charge < -0.3 is 10.1 Å². The highest BCUT2D eigenvalue weighted by atomic mass is 32.2. The summed E-state index contributed by atoms with van der Waals surface area (Å²) >= 11 is 0. The number of benzene rings is 2. The maximum Gasteiger partial charge on any atom is 0.412 e. The van der Waals surface area contributed by atoms with Crippen LogP contribution in [-0.4, -0.2) is 33.1 Å². The molecule has 0 bridgehead atoms. The number of sulfonamides is 1. The molecule has 0 aliphatic carbocycles. The summed E-state index contributed by atoms with van der Waals surface area (Å²) in [7, 11) is -2.20. The zero-order valence-corrected chi connectivity index (χ0v) is 16.9. The summed E-state index contributed by atoms with van der Waals surface area (Å²) in [6.07, 6.45) is -0.582. The van der Waals surface area contributed by atoms with Crippen LogP contribution in [0.4, 0.5) is 16.2 Å². The Morgan fingerprint density at radius 1 is 0.857 bits per heavy atom. The van der Waals surface area contributed by atoms with Gasteiger partial charge in [0.05, 0.1) is 4.90 Å². The third kappa shape index (κ3) is 6.07. The molecule has 0 aliphatic heterocycles. The van der Waals surface area contributed by atoms with E-state index in [1.165, 1.54) is 31.3 Å². The molecule has 0 aromatic heterocycles. The summed E-state index contributed by atoms with van der Waals surface area (Å²) in [6.45, 7) is 5.29. The summed E-state index contributed by atoms with van der Waals surface area (Å²) in [6, 6.07) is 12.1. The van der Waals surface area contributed by atoms with Crippen molar-refractivity contribution in [2.24, 2.45) is 0 Å². The molecule has 0 saturated heterocycles. The lowest BCUT2D eigenvalue weighted by Gasteiger charge is -2.19. The Morgan fingerprint density at radius 3 is 1.86 bits per heavy atom. The minimum Gasteiger partial charge on any atom is -0.444 e. The molecule has 9 heteroatoms. The molecule has 0 saturated carbocycles. The minimum atomic E-state index is -3.53. The van der Waals surface area contributed by atoms with Crippen molar-refractivity contribution in [2.75, 3.05) is 17.7 Å². The first kappa shape index (κ1) is 21.4. The summed E-state index contributed by atoms with van der Waals surface area (Å²) in [5, 5.41) is 5.26. The van der Waals surface area contributed by atoms with E-state index in [0.717, 1.165) is 0 Å². The van der Waals surface area contributed by atoms with E-state index in [4.69, 9.17) is 4.74 Å². The van der Waals surface area contributed by atoms with Crippen LogP contribution in [0, 0.1) is 0 Å². The Bertz CT molecular complexity index is 947. The van der Waals surface area contributed by atoms with Crippen LogP contribution in [0.3, 0.4) is 0 Å². The lowest BCUT2D eigenvalue weighted by Crippen LogP contribution is -2.27. The van der Waals surface area contributed by atoms with Gasteiger partial charge in [0.2, 0.25) is 10.0 Å². The van der Waals surface area contributed by atoms with Crippen molar-refractivity contribution in [1.82, 2.24) is 4.72 Å². The average molecular weight is 405 g/mol. The van der Waals surface area contributed by atoms with Crippen LogP contribution >= 0.6 is 0 Å². The number of anilines is 2. The first-order valence-electron chi connectivity index (χ1n) is 8.45. The first-order valence-corrected chi connectivity index (χ1v) is 9.93. The number of hydrogen-bond donors (Lipinski definition) is 3. The third-order valence-electron chi connectivity index (χ3n) is 3.48. The van der Waals surface area contributed by atoms with Gasteiger partial charge in [0.1, 0.15) is 5.60 Å². The highest BCUT2D eigenvalue weighted by Gasteiger charge is 2.16. The van der Waals surface area contributed by atoms with E-state index in [0.29, 0.717) is 16.9 Å². The minimum absolute atomic E-state index is 0.102. The van der Waals surface area contributed by atoms with Crippen molar-refractivity contribution in [3.05, 3.63) is 54.1 Å². The molecule has 0 aliphatic rings.